The van der Waals surface area contributed by atoms with Crippen molar-refractivity contribution in [2.75, 3.05) is 0 Å². The largest absolute Gasteiger partial charge is 0.263 e. The van der Waals surface area contributed by atoms with Gasteiger partial charge in [0, 0.05) is 34.4 Å². The van der Waals surface area contributed by atoms with Crippen LogP contribution in [0.25, 0.3) is 0 Å². The van der Waals surface area contributed by atoms with Crippen molar-refractivity contribution in [3.05, 3.63) is 10.1 Å². The van der Waals surface area contributed by atoms with Gasteiger partial charge in [-0.3, -0.25) is 10.1 Å². The fourth-order valence-electron chi connectivity index (χ4n) is 0. The van der Waals surface area contributed by atoms with Gasteiger partial charge in [0.1, 0.15) is 0 Å². The van der Waals surface area contributed by atoms with Crippen molar-refractivity contribution in [2.24, 2.45) is 0 Å². The monoisotopic (exact) mass is 201 g/mol. The van der Waals surface area contributed by atoms with Gasteiger partial charge >= 0.3 is 0 Å². The van der Waals surface area contributed by atoms with E-state index in [-0.39, 0.29) is 4.92 Å². The van der Waals surface area contributed by atoms with E-state index in [2.05, 4.69) is 0 Å². The number of hydrogen-bond acceptors (Lipinski definition) is 2. The average molecular weight is 201 g/mol. The molecule has 3 nitrogen and oxygen atoms in total. The highest BCUT2D eigenvalue weighted by Gasteiger charge is 2.01. The molecule has 0 aliphatic carbocycles. The van der Waals surface area contributed by atoms with E-state index in [1.807, 2.05) is 0 Å². The highest BCUT2D eigenvalue weighted by Crippen LogP contribution is 1.95. The minimum Gasteiger partial charge on any atom is -0.263 e. The summed E-state index contributed by atoms with van der Waals surface area (Å²) in [7, 11) is 0. The number of halogens is 1. The molecule has 1 atom stereocenters. The van der Waals surface area contributed by atoms with Gasteiger partial charge in [-0.05, 0) is 0 Å². The fraction of sp³-hybridized carbons (Fsp3) is 1.00. The van der Waals surface area contributed by atoms with E-state index in [0.717, 1.165) is 0 Å². The number of alkyl halides is 1. The van der Waals surface area contributed by atoms with Crippen LogP contribution in [-0.2, 0) is 0 Å². The van der Waals surface area contributed by atoms with Crippen LogP contribution in [-0.4, -0.2) is 8.97 Å². The summed E-state index contributed by atoms with van der Waals surface area (Å²) < 4.78 is -0.456. The lowest BCUT2D eigenvalue weighted by atomic mass is 10.8. The van der Waals surface area contributed by atoms with Gasteiger partial charge < -0.3 is 0 Å². The highest BCUT2D eigenvalue weighted by atomic mass is 127. The lowest BCUT2D eigenvalue weighted by Crippen LogP contribution is -2.03. The molecule has 0 aromatic rings. The molecule has 0 bridgehead atoms. The third-order valence-electron chi connectivity index (χ3n) is 0.291. The highest BCUT2D eigenvalue weighted by molar-refractivity contribution is 14.1. The zero-order valence-corrected chi connectivity index (χ0v) is 5.38. The molecule has 0 aromatic heterocycles. The standard InChI is InChI=1S/C2H4INO2/c1-2(3)4(5)6/h2H,1H3. The zero-order valence-electron chi connectivity index (χ0n) is 3.22. The third-order valence-corrected chi connectivity index (χ3v) is 0.745. The van der Waals surface area contributed by atoms with Gasteiger partial charge in [0.2, 0.25) is 0 Å². The Hall–Kier alpha value is 0.130. The number of nitro groups is 1. The number of nitrogens with zero attached hydrogens (tertiary/aromatic N) is 1. The van der Waals surface area contributed by atoms with Crippen LogP contribution in [0.4, 0.5) is 0 Å². The molecule has 0 saturated carbocycles. The molecule has 0 saturated heterocycles. The van der Waals surface area contributed by atoms with Crippen LogP contribution in [0.15, 0.2) is 0 Å². The molecule has 0 aliphatic rings. The summed E-state index contributed by atoms with van der Waals surface area (Å²) in [5.74, 6) is 0. The molecular weight excluding hydrogens is 197 g/mol. The molecule has 0 spiro atoms. The van der Waals surface area contributed by atoms with Crippen molar-refractivity contribution >= 4 is 22.6 Å². The first kappa shape index (κ1) is 6.13. The first-order valence-corrected chi connectivity index (χ1v) is 2.66. The second kappa shape index (κ2) is 2.33. The summed E-state index contributed by atoms with van der Waals surface area (Å²) >= 11 is 1.73. The molecule has 0 N–H and O–H groups in total. The molecule has 4 heteroatoms. The van der Waals surface area contributed by atoms with Crippen LogP contribution in [0.3, 0.4) is 0 Å². The Morgan fingerprint density at radius 3 is 2.17 bits per heavy atom. The van der Waals surface area contributed by atoms with Crippen LogP contribution in [0.1, 0.15) is 6.92 Å². The Morgan fingerprint density at radius 1 is 2.00 bits per heavy atom. The van der Waals surface area contributed by atoms with Crippen molar-refractivity contribution < 1.29 is 4.92 Å². The summed E-state index contributed by atoms with van der Waals surface area (Å²) in [4.78, 5) is 9.15. The SMILES string of the molecule is CC(I)[N+](=O)[O-]. The molecule has 0 aliphatic heterocycles. The fourth-order valence-corrected chi connectivity index (χ4v) is 0. The predicted octanol–water partition coefficient (Wildman–Crippen LogP) is 1.04. The number of hydrogen-bond donors (Lipinski definition) is 0. The van der Waals surface area contributed by atoms with Crippen LogP contribution in [0, 0.1) is 10.1 Å². The van der Waals surface area contributed by atoms with Gasteiger partial charge in [0.15, 0.2) is 0 Å². The molecule has 0 radical (unpaired) electrons. The van der Waals surface area contributed by atoms with Crippen molar-refractivity contribution in [3.63, 3.8) is 0 Å². The first-order valence-electron chi connectivity index (χ1n) is 1.42. The van der Waals surface area contributed by atoms with E-state index < -0.39 is 4.05 Å². The summed E-state index contributed by atoms with van der Waals surface area (Å²) in [5, 5.41) is 9.50. The maximum absolute atomic E-state index is 9.50. The Labute approximate surface area is 49.0 Å². The summed E-state index contributed by atoms with van der Waals surface area (Å²) in [6, 6.07) is 0. The summed E-state index contributed by atoms with van der Waals surface area (Å²) in [6.45, 7) is 1.53. The Kier molecular flexibility index (Phi) is 2.38. The lowest BCUT2D eigenvalue weighted by Gasteiger charge is -1.86. The van der Waals surface area contributed by atoms with E-state index in [9.17, 15) is 10.1 Å². The molecule has 6 heavy (non-hydrogen) atoms. The lowest BCUT2D eigenvalue weighted by molar-refractivity contribution is -0.484. The maximum atomic E-state index is 9.50. The molecule has 36 valence electrons. The molecule has 1 unspecified atom stereocenters. The Morgan fingerprint density at radius 2 is 2.17 bits per heavy atom. The van der Waals surface area contributed by atoms with Gasteiger partial charge in [-0.15, -0.1) is 0 Å². The second-order valence-electron chi connectivity index (χ2n) is 0.859. The van der Waals surface area contributed by atoms with Crippen LogP contribution in [0.2, 0.25) is 0 Å². The quantitative estimate of drug-likeness (QED) is 0.209. The molecule has 0 heterocycles. The van der Waals surface area contributed by atoms with E-state index in [4.69, 9.17) is 0 Å². The minimum atomic E-state index is -0.456. The molecular formula is C2H4INO2. The Bertz CT molecular complexity index is 62.6. The van der Waals surface area contributed by atoms with Gasteiger partial charge in [-0.2, -0.15) is 0 Å². The van der Waals surface area contributed by atoms with Crippen molar-refractivity contribution in [1.82, 2.24) is 0 Å². The van der Waals surface area contributed by atoms with Crippen LogP contribution >= 0.6 is 22.6 Å². The molecule has 0 rings (SSSR count). The average Bonchev–Trinajstić information content (AvgIpc) is 1.36. The van der Waals surface area contributed by atoms with Crippen molar-refractivity contribution in [1.29, 1.82) is 0 Å². The smallest absolute Gasteiger partial charge is 0.258 e. The maximum Gasteiger partial charge on any atom is 0.258 e. The predicted molar refractivity (Wildman–Crippen MR) is 30.5 cm³/mol. The van der Waals surface area contributed by atoms with E-state index in [1.54, 1.807) is 22.6 Å². The molecule has 0 aromatic carbocycles. The number of rotatable bonds is 1. The van der Waals surface area contributed by atoms with Crippen LogP contribution in [0.5, 0.6) is 0 Å². The molecule has 0 amide bonds. The molecule has 0 fully saturated rings. The summed E-state index contributed by atoms with van der Waals surface area (Å²) in [5.41, 5.74) is 0. The van der Waals surface area contributed by atoms with Crippen molar-refractivity contribution in [3.8, 4) is 0 Å². The van der Waals surface area contributed by atoms with E-state index in [1.165, 1.54) is 6.92 Å². The van der Waals surface area contributed by atoms with E-state index in [0.29, 0.717) is 0 Å². The van der Waals surface area contributed by atoms with Crippen molar-refractivity contribution in [2.45, 2.75) is 11.0 Å². The Balaban J connectivity index is 3.26. The van der Waals surface area contributed by atoms with Gasteiger partial charge in [0.05, 0.1) is 0 Å². The van der Waals surface area contributed by atoms with Gasteiger partial charge in [-0.25, -0.2) is 0 Å². The second-order valence-corrected chi connectivity index (χ2v) is 2.66. The van der Waals surface area contributed by atoms with Gasteiger partial charge in [0.25, 0.3) is 4.05 Å². The topological polar surface area (TPSA) is 43.1 Å². The van der Waals surface area contributed by atoms with Crippen LogP contribution < -0.4 is 0 Å². The zero-order chi connectivity index (χ0) is 5.15. The first-order chi connectivity index (χ1) is 2.64. The minimum absolute atomic E-state index is 0.347. The van der Waals surface area contributed by atoms with E-state index >= 15 is 0 Å². The summed E-state index contributed by atoms with van der Waals surface area (Å²) in [6.07, 6.45) is 0. The normalized spacial score (nSPS) is 13.7. The third kappa shape index (κ3) is 2.37. The van der Waals surface area contributed by atoms with Gasteiger partial charge in [-0.1, -0.05) is 0 Å².